The molecule has 5 nitrogen and oxygen atoms in total. The third-order valence-electron chi connectivity index (χ3n) is 2.96. The summed E-state index contributed by atoms with van der Waals surface area (Å²) >= 11 is 1.48. The molecule has 0 aliphatic rings. The summed E-state index contributed by atoms with van der Waals surface area (Å²) in [6.07, 6.45) is 1.84. The van der Waals surface area contributed by atoms with Gasteiger partial charge in [0.2, 0.25) is 11.8 Å². The lowest BCUT2D eigenvalue weighted by atomic mass is 10.2. The first-order valence-electron chi connectivity index (χ1n) is 6.72. The fraction of sp³-hybridized carbons (Fsp3) is 0.267. The number of anilines is 1. The average molecular weight is 321 g/mol. The first-order valence-corrected chi connectivity index (χ1v) is 7.60. The highest BCUT2D eigenvalue weighted by Gasteiger charge is 2.13. The van der Waals surface area contributed by atoms with Gasteiger partial charge >= 0.3 is 0 Å². The maximum atomic E-state index is 13.0. The molecular weight excluding hydrogens is 305 g/mol. The number of benzene rings is 1. The van der Waals surface area contributed by atoms with E-state index in [9.17, 15) is 14.0 Å². The molecule has 0 unspecified atom stereocenters. The molecule has 1 N–H and O–H groups in total. The van der Waals surface area contributed by atoms with Crippen molar-refractivity contribution in [1.82, 2.24) is 9.88 Å². The van der Waals surface area contributed by atoms with Crippen molar-refractivity contribution in [2.24, 2.45) is 0 Å². The van der Waals surface area contributed by atoms with Crippen LogP contribution >= 0.6 is 11.3 Å². The van der Waals surface area contributed by atoms with Crippen LogP contribution in [0.3, 0.4) is 0 Å². The van der Waals surface area contributed by atoms with E-state index in [0.29, 0.717) is 12.2 Å². The summed E-state index contributed by atoms with van der Waals surface area (Å²) in [7, 11) is 1.67. The van der Waals surface area contributed by atoms with Crippen molar-refractivity contribution in [2.75, 3.05) is 12.4 Å². The Morgan fingerprint density at radius 1 is 1.36 bits per heavy atom. The number of nitrogens with one attached hydrogen (secondary N) is 1. The molecule has 1 heterocycles. The van der Waals surface area contributed by atoms with E-state index in [-0.39, 0.29) is 24.7 Å². The highest BCUT2D eigenvalue weighted by Crippen LogP contribution is 2.11. The zero-order valence-corrected chi connectivity index (χ0v) is 12.9. The van der Waals surface area contributed by atoms with Crippen LogP contribution in [0, 0.1) is 5.82 Å². The minimum atomic E-state index is -0.419. The lowest BCUT2D eigenvalue weighted by molar-refractivity contribution is -0.132. The first kappa shape index (κ1) is 16.1. The van der Waals surface area contributed by atoms with E-state index in [2.05, 4.69) is 10.3 Å². The molecule has 0 saturated carbocycles. The molecular formula is C15H16FN3O2S. The Kier molecular flexibility index (Phi) is 5.60. The van der Waals surface area contributed by atoms with Crippen LogP contribution < -0.4 is 5.32 Å². The first-order chi connectivity index (χ1) is 10.5. The maximum Gasteiger partial charge on any atom is 0.224 e. The van der Waals surface area contributed by atoms with Gasteiger partial charge in [-0.3, -0.25) is 9.59 Å². The van der Waals surface area contributed by atoms with Gasteiger partial charge in [0.1, 0.15) is 10.8 Å². The number of thiazole rings is 1. The van der Waals surface area contributed by atoms with Crippen LogP contribution in [0.15, 0.2) is 35.8 Å². The predicted molar refractivity (Wildman–Crippen MR) is 82.9 cm³/mol. The fourth-order valence-corrected chi connectivity index (χ4v) is 2.49. The van der Waals surface area contributed by atoms with Crippen molar-refractivity contribution < 1.29 is 14.0 Å². The van der Waals surface area contributed by atoms with Gasteiger partial charge in [-0.15, -0.1) is 11.3 Å². The molecule has 0 spiro atoms. The van der Waals surface area contributed by atoms with Gasteiger partial charge in [0, 0.05) is 37.2 Å². The van der Waals surface area contributed by atoms with Gasteiger partial charge in [0.25, 0.3) is 0 Å². The molecule has 0 aliphatic heterocycles. The van der Waals surface area contributed by atoms with Gasteiger partial charge in [-0.25, -0.2) is 9.37 Å². The van der Waals surface area contributed by atoms with Crippen molar-refractivity contribution in [3.05, 3.63) is 46.7 Å². The molecule has 0 bridgehead atoms. The lowest BCUT2D eigenvalue weighted by Gasteiger charge is -2.15. The van der Waals surface area contributed by atoms with Crippen LogP contribution in [0.25, 0.3) is 0 Å². The monoisotopic (exact) mass is 321 g/mol. The average Bonchev–Trinajstić information content (AvgIpc) is 2.97. The van der Waals surface area contributed by atoms with Crippen molar-refractivity contribution in [2.45, 2.75) is 19.4 Å². The van der Waals surface area contributed by atoms with Crippen molar-refractivity contribution in [3.63, 3.8) is 0 Å². The van der Waals surface area contributed by atoms with Gasteiger partial charge in [-0.1, -0.05) is 6.07 Å². The molecule has 0 fully saturated rings. The SMILES string of the molecule is CN(Cc1nccs1)C(=O)CCC(=O)Nc1cccc(F)c1. The summed E-state index contributed by atoms with van der Waals surface area (Å²) in [4.78, 5) is 29.3. The van der Waals surface area contributed by atoms with Gasteiger partial charge in [-0.05, 0) is 18.2 Å². The Balaban J connectivity index is 1.76. The highest BCUT2D eigenvalue weighted by molar-refractivity contribution is 7.09. The van der Waals surface area contributed by atoms with E-state index in [1.54, 1.807) is 19.3 Å². The number of hydrogen-bond donors (Lipinski definition) is 1. The van der Waals surface area contributed by atoms with E-state index < -0.39 is 5.82 Å². The number of hydrogen-bond acceptors (Lipinski definition) is 4. The minimum absolute atomic E-state index is 0.0531. The number of amides is 2. The largest absolute Gasteiger partial charge is 0.339 e. The highest BCUT2D eigenvalue weighted by atomic mass is 32.1. The number of halogens is 1. The number of nitrogens with zero attached hydrogens (tertiary/aromatic N) is 2. The van der Waals surface area contributed by atoms with Crippen LogP contribution in [-0.2, 0) is 16.1 Å². The lowest BCUT2D eigenvalue weighted by Crippen LogP contribution is -2.27. The number of carbonyl (C=O) groups is 2. The summed E-state index contributed by atoms with van der Waals surface area (Å²) in [6, 6.07) is 5.64. The number of carbonyl (C=O) groups excluding carboxylic acids is 2. The Hall–Kier alpha value is -2.28. The van der Waals surface area contributed by atoms with Crippen LogP contribution in [0.2, 0.25) is 0 Å². The molecule has 1 aromatic heterocycles. The summed E-state index contributed by atoms with van der Waals surface area (Å²) in [6.45, 7) is 0.433. The summed E-state index contributed by atoms with van der Waals surface area (Å²) in [5.74, 6) is -0.872. The van der Waals surface area contributed by atoms with E-state index in [1.807, 2.05) is 5.38 Å². The third-order valence-corrected chi connectivity index (χ3v) is 3.72. The summed E-state index contributed by atoms with van der Waals surface area (Å²) in [5.41, 5.74) is 0.383. The molecule has 0 aliphatic carbocycles. The molecule has 2 rings (SSSR count). The van der Waals surface area contributed by atoms with Crippen LogP contribution in [0.5, 0.6) is 0 Å². The molecule has 1 aromatic carbocycles. The second-order valence-electron chi connectivity index (χ2n) is 4.73. The summed E-state index contributed by atoms with van der Waals surface area (Å²) < 4.78 is 13.0. The van der Waals surface area contributed by atoms with Gasteiger partial charge in [-0.2, -0.15) is 0 Å². The quantitative estimate of drug-likeness (QED) is 0.890. The standard InChI is InChI=1S/C15H16FN3O2S/c1-19(10-14-17-7-8-22-14)15(21)6-5-13(20)18-12-4-2-3-11(16)9-12/h2-4,7-9H,5-6,10H2,1H3,(H,18,20). The smallest absolute Gasteiger partial charge is 0.224 e. The molecule has 116 valence electrons. The van der Waals surface area contributed by atoms with Crippen LogP contribution in [0.1, 0.15) is 17.8 Å². The molecule has 0 atom stereocenters. The van der Waals surface area contributed by atoms with Crippen molar-refractivity contribution in [1.29, 1.82) is 0 Å². The topological polar surface area (TPSA) is 62.3 Å². The van der Waals surface area contributed by atoms with Crippen molar-refractivity contribution >= 4 is 28.8 Å². The summed E-state index contributed by atoms with van der Waals surface area (Å²) in [5, 5.41) is 5.26. The number of rotatable bonds is 6. The fourth-order valence-electron chi connectivity index (χ4n) is 1.82. The zero-order chi connectivity index (χ0) is 15.9. The Bertz CT molecular complexity index is 646. The van der Waals surface area contributed by atoms with E-state index in [4.69, 9.17) is 0 Å². The van der Waals surface area contributed by atoms with Gasteiger partial charge < -0.3 is 10.2 Å². The maximum absolute atomic E-state index is 13.0. The van der Waals surface area contributed by atoms with Crippen LogP contribution in [-0.4, -0.2) is 28.7 Å². The van der Waals surface area contributed by atoms with E-state index >= 15 is 0 Å². The van der Waals surface area contributed by atoms with Gasteiger partial charge in [0.05, 0.1) is 6.54 Å². The zero-order valence-electron chi connectivity index (χ0n) is 12.1. The number of aromatic nitrogens is 1. The third kappa shape index (κ3) is 4.92. The Labute approximate surface area is 131 Å². The van der Waals surface area contributed by atoms with Gasteiger partial charge in [0.15, 0.2) is 0 Å². The molecule has 0 saturated heterocycles. The molecule has 0 radical (unpaired) electrons. The molecule has 2 aromatic rings. The normalized spacial score (nSPS) is 10.3. The van der Waals surface area contributed by atoms with Crippen LogP contribution in [0.4, 0.5) is 10.1 Å². The Morgan fingerprint density at radius 3 is 2.86 bits per heavy atom. The Morgan fingerprint density at radius 2 is 2.18 bits per heavy atom. The van der Waals surface area contributed by atoms with Crippen molar-refractivity contribution in [3.8, 4) is 0 Å². The van der Waals surface area contributed by atoms with E-state index in [1.165, 1.54) is 34.4 Å². The molecule has 22 heavy (non-hydrogen) atoms. The second-order valence-corrected chi connectivity index (χ2v) is 5.71. The predicted octanol–water partition coefficient (Wildman–Crippen LogP) is 2.66. The minimum Gasteiger partial charge on any atom is -0.339 e. The molecule has 7 heteroatoms. The van der Waals surface area contributed by atoms with E-state index in [0.717, 1.165) is 5.01 Å². The second kappa shape index (κ2) is 7.65. The molecule has 2 amide bonds.